The highest BCUT2D eigenvalue weighted by Crippen LogP contribution is 2.44. The Morgan fingerprint density at radius 2 is 1.76 bits per heavy atom. The summed E-state index contributed by atoms with van der Waals surface area (Å²) in [6, 6.07) is 12.3. The maximum absolute atomic E-state index is 13.4. The minimum absolute atomic E-state index is 0.00749. The van der Waals surface area contributed by atoms with Crippen LogP contribution in [0.15, 0.2) is 59.8 Å². The van der Waals surface area contributed by atoms with Crippen molar-refractivity contribution >= 4 is 34.7 Å². The number of thiocarbonyl (C=S) groups is 1. The Labute approximate surface area is 200 Å². The van der Waals surface area contributed by atoms with E-state index in [0.29, 0.717) is 29.7 Å². The summed E-state index contributed by atoms with van der Waals surface area (Å²) < 4.78 is 40.2. The summed E-state index contributed by atoms with van der Waals surface area (Å²) in [6.07, 6.45) is -3.21. The molecule has 0 saturated heterocycles. The molecule has 0 spiro atoms. The lowest BCUT2D eigenvalue weighted by Crippen LogP contribution is -2.53. The highest BCUT2D eigenvalue weighted by Gasteiger charge is 2.46. The smallest absolute Gasteiger partial charge is 0.295 e. The molecule has 0 radical (unpaired) electrons. The topological polar surface area (TPSA) is 64.4 Å². The predicted octanol–water partition coefficient (Wildman–Crippen LogP) is 5.52. The Bertz CT molecular complexity index is 1260. The Kier molecular flexibility index (Phi) is 6.04. The Balaban J connectivity index is 1.93. The number of ketones is 1. The van der Waals surface area contributed by atoms with E-state index in [-0.39, 0.29) is 34.0 Å². The molecule has 1 saturated carbocycles. The van der Waals surface area contributed by atoms with Crippen LogP contribution in [0.3, 0.4) is 0 Å². The van der Waals surface area contributed by atoms with Crippen LogP contribution in [-0.2, 0) is 15.8 Å². The molecule has 2 aliphatic rings. The number of hydrogen-bond acceptors (Lipinski definition) is 4. The van der Waals surface area contributed by atoms with Crippen molar-refractivity contribution in [1.82, 2.24) is 4.90 Å². The van der Waals surface area contributed by atoms with E-state index < -0.39 is 17.8 Å². The van der Waals surface area contributed by atoms with Crippen molar-refractivity contribution in [2.24, 2.45) is 5.92 Å². The molecule has 4 rings (SSSR count). The first-order valence-electron chi connectivity index (χ1n) is 10.6. The van der Waals surface area contributed by atoms with E-state index in [1.807, 2.05) is 6.07 Å². The van der Waals surface area contributed by atoms with Gasteiger partial charge in [-0.05, 0) is 74.8 Å². The van der Waals surface area contributed by atoms with Gasteiger partial charge in [0.1, 0.15) is 0 Å². The molecule has 2 aromatic carbocycles. The fraction of sp³-hybridized carbons (Fsp3) is 0.280. The van der Waals surface area contributed by atoms with Crippen molar-refractivity contribution in [1.29, 1.82) is 5.26 Å². The summed E-state index contributed by atoms with van der Waals surface area (Å²) in [5.74, 6) is -0.865. The third-order valence-electron chi connectivity index (χ3n) is 5.98. The SMILES string of the molecule is CC(=O)C1=C(C)N(c2cccc(C(F)(F)F)c2)C(=S)N(C(=O)C2CC2)C1c1ccc(C#N)cc1. The number of hydrogen-bond donors (Lipinski definition) is 0. The van der Waals surface area contributed by atoms with Gasteiger partial charge in [0.05, 0.1) is 23.2 Å². The van der Waals surface area contributed by atoms with Gasteiger partial charge in [-0.2, -0.15) is 18.4 Å². The van der Waals surface area contributed by atoms with Crippen LogP contribution in [0, 0.1) is 17.2 Å². The van der Waals surface area contributed by atoms with Gasteiger partial charge in [-0.15, -0.1) is 0 Å². The molecule has 1 unspecified atom stereocenters. The molecule has 1 aliphatic heterocycles. The van der Waals surface area contributed by atoms with E-state index in [0.717, 1.165) is 12.1 Å². The van der Waals surface area contributed by atoms with Gasteiger partial charge in [0.15, 0.2) is 10.9 Å². The highest BCUT2D eigenvalue weighted by molar-refractivity contribution is 7.80. The number of carbonyl (C=O) groups is 2. The van der Waals surface area contributed by atoms with Crippen LogP contribution in [0.2, 0.25) is 0 Å². The van der Waals surface area contributed by atoms with E-state index in [9.17, 15) is 22.8 Å². The van der Waals surface area contributed by atoms with Crippen molar-refractivity contribution in [3.8, 4) is 6.07 Å². The molecular weight excluding hydrogens is 463 g/mol. The van der Waals surface area contributed by atoms with Crippen LogP contribution in [0.4, 0.5) is 18.9 Å². The normalized spacial score (nSPS) is 18.7. The van der Waals surface area contributed by atoms with Crippen LogP contribution in [0.25, 0.3) is 0 Å². The van der Waals surface area contributed by atoms with E-state index in [1.54, 1.807) is 31.2 Å². The molecule has 2 aromatic rings. The summed E-state index contributed by atoms with van der Waals surface area (Å²) >= 11 is 5.68. The quantitative estimate of drug-likeness (QED) is 0.536. The standard InChI is InChI=1S/C25H20F3N3O2S/c1-14-21(15(2)32)22(17-8-6-16(13-29)7-9-17)31(23(33)18-10-11-18)24(34)30(14)20-5-3-4-19(12-20)25(26,27)28/h3-9,12,18,22H,10-11H2,1-2H3. The van der Waals surface area contributed by atoms with Gasteiger partial charge in [-0.1, -0.05) is 18.2 Å². The fourth-order valence-electron chi connectivity index (χ4n) is 4.19. The molecule has 1 aliphatic carbocycles. The number of carbonyl (C=O) groups excluding carboxylic acids is 2. The average Bonchev–Trinajstić information content (AvgIpc) is 3.63. The minimum Gasteiger partial charge on any atom is -0.295 e. The van der Waals surface area contributed by atoms with E-state index in [2.05, 4.69) is 0 Å². The summed E-state index contributed by atoms with van der Waals surface area (Å²) in [5, 5.41) is 9.15. The van der Waals surface area contributed by atoms with E-state index >= 15 is 0 Å². The number of halogens is 3. The summed E-state index contributed by atoms with van der Waals surface area (Å²) in [5.41, 5.74) is 0.861. The summed E-state index contributed by atoms with van der Waals surface area (Å²) in [6.45, 7) is 2.97. The van der Waals surface area contributed by atoms with Crippen molar-refractivity contribution < 1.29 is 22.8 Å². The monoisotopic (exact) mass is 483 g/mol. The summed E-state index contributed by atoms with van der Waals surface area (Å²) in [4.78, 5) is 29.0. The van der Waals surface area contributed by atoms with Crippen LogP contribution >= 0.6 is 12.2 Å². The lowest BCUT2D eigenvalue weighted by Gasteiger charge is -2.44. The van der Waals surface area contributed by atoms with Crippen molar-refractivity contribution in [3.05, 3.63) is 76.5 Å². The van der Waals surface area contributed by atoms with Crippen LogP contribution in [0.1, 0.15) is 49.4 Å². The molecule has 1 fully saturated rings. The lowest BCUT2D eigenvalue weighted by atomic mass is 9.90. The van der Waals surface area contributed by atoms with Crippen molar-refractivity contribution in [2.75, 3.05) is 4.90 Å². The first-order chi connectivity index (χ1) is 16.0. The number of alkyl halides is 3. The molecule has 0 aromatic heterocycles. The van der Waals surface area contributed by atoms with Gasteiger partial charge in [-0.3, -0.25) is 19.4 Å². The number of nitriles is 1. The van der Waals surface area contributed by atoms with E-state index in [4.69, 9.17) is 17.5 Å². The van der Waals surface area contributed by atoms with Gasteiger partial charge < -0.3 is 0 Å². The number of benzene rings is 2. The second kappa shape index (κ2) is 8.69. The van der Waals surface area contributed by atoms with Gasteiger partial charge in [0, 0.05) is 22.9 Å². The average molecular weight is 484 g/mol. The third-order valence-corrected chi connectivity index (χ3v) is 6.36. The molecule has 9 heteroatoms. The number of amides is 1. The predicted molar refractivity (Wildman–Crippen MR) is 123 cm³/mol. The molecule has 34 heavy (non-hydrogen) atoms. The zero-order valence-electron chi connectivity index (χ0n) is 18.4. The van der Waals surface area contributed by atoms with Crippen LogP contribution in [0.5, 0.6) is 0 Å². The number of rotatable bonds is 4. The number of Topliss-reactive ketones (excluding diaryl/α,β-unsaturated/α-hetero) is 1. The molecule has 1 amide bonds. The maximum Gasteiger partial charge on any atom is 0.416 e. The van der Waals surface area contributed by atoms with Gasteiger partial charge in [0.2, 0.25) is 5.91 Å². The van der Waals surface area contributed by atoms with Crippen LogP contribution in [-0.4, -0.2) is 21.7 Å². The fourth-order valence-corrected chi connectivity index (χ4v) is 4.62. The van der Waals surface area contributed by atoms with E-state index in [1.165, 1.54) is 28.9 Å². The molecule has 0 N–H and O–H groups in total. The number of nitrogens with zero attached hydrogens (tertiary/aromatic N) is 3. The Morgan fingerprint density at radius 1 is 1.12 bits per heavy atom. The molecule has 0 bridgehead atoms. The molecule has 174 valence electrons. The van der Waals surface area contributed by atoms with Crippen LogP contribution < -0.4 is 4.90 Å². The van der Waals surface area contributed by atoms with Gasteiger partial charge in [-0.25, -0.2) is 0 Å². The Hall–Kier alpha value is -3.51. The van der Waals surface area contributed by atoms with Crippen molar-refractivity contribution in [2.45, 2.75) is 38.9 Å². The minimum atomic E-state index is -4.57. The molecule has 1 atom stereocenters. The van der Waals surface area contributed by atoms with Gasteiger partial charge in [0.25, 0.3) is 0 Å². The molecule has 5 nitrogen and oxygen atoms in total. The summed E-state index contributed by atoms with van der Waals surface area (Å²) in [7, 11) is 0. The maximum atomic E-state index is 13.4. The highest BCUT2D eigenvalue weighted by atomic mass is 32.1. The van der Waals surface area contributed by atoms with Gasteiger partial charge >= 0.3 is 6.18 Å². The Morgan fingerprint density at radius 3 is 2.29 bits per heavy atom. The largest absolute Gasteiger partial charge is 0.416 e. The third kappa shape index (κ3) is 4.21. The zero-order valence-corrected chi connectivity index (χ0v) is 19.2. The first kappa shape index (κ1) is 23.6. The second-order valence-electron chi connectivity index (χ2n) is 8.34. The number of allylic oxidation sites excluding steroid dienone is 1. The number of anilines is 1. The second-order valence-corrected chi connectivity index (χ2v) is 8.71. The molecule has 1 heterocycles. The lowest BCUT2D eigenvalue weighted by molar-refractivity contribution is -0.137. The van der Waals surface area contributed by atoms with Crippen molar-refractivity contribution in [3.63, 3.8) is 0 Å². The molecular formula is C25H20F3N3O2S. The zero-order chi connectivity index (χ0) is 24.8. The first-order valence-corrected chi connectivity index (χ1v) is 11.0.